The van der Waals surface area contributed by atoms with E-state index in [1.165, 1.54) is 26.1 Å². The molecule has 0 spiro atoms. The van der Waals surface area contributed by atoms with Gasteiger partial charge in [0.15, 0.2) is 0 Å². The number of aromatic nitrogens is 3. The van der Waals surface area contributed by atoms with Crippen molar-refractivity contribution in [1.29, 1.82) is 0 Å². The lowest BCUT2D eigenvalue weighted by molar-refractivity contribution is -0.00177. The number of rotatable bonds is 8. The SMILES string of the molecule is CCNc1cc(Nc2ccc3ncc(F)cc3n2)ncc1C(=O)NCC(F)C(C)(C)O. The molecule has 0 aliphatic rings. The van der Waals surface area contributed by atoms with E-state index in [2.05, 4.69) is 30.9 Å². The van der Waals surface area contributed by atoms with Gasteiger partial charge in [0.05, 0.1) is 40.6 Å². The Morgan fingerprint density at radius 3 is 2.65 bits per heavy atom. The predicted octanol–water partition coefficient (Wildman–Crippen LogP) is 3.18. The van der Waals surface area contributed by atoms with Gasteiger partial charge in [-0.1, -0.05) is 0 Å². The van der Waals surface area contributed by atoms with Gasteiger partial charge in [-0.15, -0.1) is 0 Å². The zero-order chi connectivity index (χ0) is 22.6. The second kappa shape index (κ2) is 9.17. The van der Waals surface area contributed by atoms with Gasteiger partial charge < -0.3 is 21.1 Å². The minimum atomic E-state index is -1.62. The number of nitrogens with zero attached hydrogens (tertiary/aromatic N) is 3. The van der Waals surface area contributed by atoms with Gasteiger partial charge >= 0.3 is 0 Å². The van der Waals surface area contributed by atoms with Crippen LogP contribution in [-0.2, 0) is 0 Å². The summed E-state index contributed by atoms with van der Waals surface area (Å²) in [4.78, 5) is 25.0. The first-order valence-electron chi connectivity index (χ1n) is 9.75. The molecule has 0 aromatic carbocycles. The maximum atomic E-state index is 13.9. The molecule has 3 heterocycles. The molecule has 10 heteroatoms. The number of alkyl halides is 1. The van der Waals surface area contributed by atoms with Gasteiger partial charge in [0.25, 0.3) is 5.91 Å². The monoisotopic (exact) mass is 430 g/mol. The van der Waals surface area contributed by atoms with Crippen LogP contribution in [0.15, 0.2) is 36.7 Å². The van der Waals surface area contributed by atoms with Gasteiger partial charge in [-0.2, -0.15) is 0 Å². The number of amides is 1. The highest BCUT2D eigenvalue weighted by Crippen LogP contribution is 2.22. The molecule has 3 aromatic heterocycles. The van der Waals surface area contributed by atoms with Gasteiger partial charge in [-0.3, -0.25) is 9.78 Å². The summed E-state index contributed by atoms with van der Waals surface area (Å²) in [6, 6.07) is 6.29. The number of hydrogen-bond acceptors (Lipinski definition) is 7. The third-order valence-corrected chi connectivity index (χ3v) is 4.48. The van der Waals surface area contributed by atoms with Crippen LogP contribution in [0.1, 0.15) is 31.1 Å². The topological polar surface area (TPSA) is 112 Å². The van der Waals surface area contributed by atoms with Crippen molar-refractivity contribution in [2.45, 2.75) is 32.5 Å². The normalized spacial score (nSPS) is 12.5. The number of nitrogens with one attached hydrogen (secondary N) is 3. The Balaban J connectivity index is 1.79. The van der Waals surface area contributed by atoms with Crippen LogP contribution in [0.4, 0.5) is 26.1 Å². The van der Waals surface area contributed by atoms with Gasteiger partial charge in [0, 0.05) is 24.9 Å². The molecule has 1 unspecified atom stereocenters. The Morgan fingerprint density at radius 1 is 1.16 bits per heavy atom. The van der Waals surface area contributed by atoms with E-state index in [9.17, 15) is 18.7 Å². The van der Waals surface area contributed by atoms with E-state index in [-0.39, 0.29) is 12.1 Å². The molecule has 8 nitrogen and oxygen atoms in total. The first-order chi connectivity index (χ1) is 14.7. The van der Waals surface area contributed by atoms with Crippen LogP contribution in [0.2, 0.25) is 0 Å². The summed E-state index contributed by atoms with van der Waals surface area (Å²) in [7, 11) is 0. The van der Waals surface area contributed by atoms with E-state index in [0.717, 1.165) is 6.20 Å². The molecule has 3 rings (SSSR count). The number of carbonyl (C=O) groups is 1. The van der Waals surface area contributed by atoms with Crippen molar-refractivity contribution in [3.05, 3.63) is 48.0 Å². The molecular formula is C21H24F2N6O2. The second-order valence-electron chi connectivity index (χ2n) is 7.49. The van der Waals surface area contributed by atoms with Crippen LogP contribution >= 0.6 is 0 Å². The van der Waals surface area contributed by atoms with Crippen molar-refractivity contribution in [2.24, 2.45) is 0 Å². The largest absolute Gasteiger partial charge is 0.387 e. The smallest absolute Gasteiger partial charge is 0.255 e. The van der Waals surface area contributed by atoms with Crippen LogP contribution in [-0.4, -0.2) is 50.8 Å². The Bertz CT molecular complexity index is 1090. The molecule has 4 N–H and O–H groups in total. The predicted molar refractivity (Wildman–Crippen MR) is 115 cm³/mol. The van der Waals surface area contributed by atoms with Gasteiger partial charge in [0.2, 0.25) is 0 Å². The fourth-order valence-electron chi connectivity index (χ4n) is 2.75. The fourth-order valence-corrected chi connectivity index (χ4v) is 2.75. The van der Waals surface area contributed by atoms with Crippen molar-refractivity contribution < 1.29 is 18.7 Å². The highest BCUT2D eigenvalue weighted by Gasteiger charge is 2.27. The highest BCUT2D eigenvalue weighted by atomic mass is 19.1. The average Bonchev–Trinajstić information content (AvgIpc) is 2.71. The Kier molecular flexibility index (Phi) is 6.59. The zero-order valence-electron chi connectivity index (χ0n) is 17.4. The third kappa shape index (κ3) is 5.60. The second-order valence-corrected chi connectivity index (χ2v) is 7.49. The van der Waals surface area contributed by atoms with E-state index >= 15 is 0 Å². The maximum absolute atomic E-state index is 13.9. The summed E-state index contributed by atoms with van der Waals surface area (Å²) < 4.78 is 27.3. The quantitative estimate of drug-likeness (QED) is 0.434. The van der Waals surface area contributed by atoms with Crippen LogP contribution in [0.3, 0.4) is 0 Å². The molecule has 1 atom stereocenters. The van der Waals surface area contributed by atoms with Crippen molar-refractivity contribution in [3.63, 3.8) is 0 Å². The zero-order valence-corrected chi connectivity index (χ0v) is 17.4. The summed E-state index contributed by atoms with van der Waals surface area (Å²) in [6.07, 6.45) is 0.860. The number of fused-ring (bicyclic) bond motifs is 1. The van der Waals surface area contributed by atoms with Gasteiger partial charge in [0.1, 0.15) is 23.6 Å². The molecule has 1 amide bonds. The molecule has 31 heavy (non-hydrogen) atoms. The summed E-state index contributed by atoms with van der Waals surface area (Å²) in [5.74, 6) is -0.173. The molecule has 0 radical (unpaired) electrons. The minimum absolute atomic E-state index is 0.230. The number of hydrogen-bond donors (Lipinski definition) is 4. The number of pyridine rings is 3. The molecule has 0 aliphatic carbocycles. The first-order valence-corrected chi connectivity index (χ1v) is 9.75. The van der Waals surface area contributed by atoms with Crippen LogP contribution in [0.25, 0.3) is 11.0 Å². The Hall–Kier alpha value is -3.40. The standard InChI is InChI=1S/C21H24F2N6O2/c1-4-24-15-8-19(26-10-13(15)20(30)27-11-17(23)21(2,3)31)29-18-6-5-14-16(28-18)7-12(22)9-25-14/h5-10,17,31H,4,11H2,1-3H3,(H,27,30)(H2,24,26,28,29). The first kappa shape index (κ1) is 22.3. The van der Waals surface area contributed by atoms with Crippen LogP contribution in [0.5, 0.6) is 0 Å². The van der Waals surface area contributed by atoms with Crippen molar-refractivity contribution in [3.8, 4) is 0 Å². The minimum Gasteiger partial charge on any atom is -0.387 e. The number of halogens is 2. The summed E-state index contributed by atoms with van der Waals surface area (Å²) in [5.41, 5.74) is 0.102. The number of anilines is 3. The van der Waals surface area contributed by atoms with Crippen LogP contribution < -0.4 is 16.0 Å². The summed E-state index contributed by atoms with van der Waals surface area (Å²) in [6.45, 7) is 4.74. The molecule has 3 aromatic rings. The van der Waals surface area contributed by atoms with E-state index in [1.54, 1.807) is 18.2 Å². The molecule has 0 fully saturated rings. The van der Waals surface area contributed by atoms with Crippen molar-refractivity contribution in [2.75, 3.05) is 23.7 Å². The Labute approximate surface area is 178 Å². The average molecular weight is 430 g/mol. The molecular weight excluding hydrogens is 406 g/mol. The molecule has 0 saturated carbocycles. The Morgan fingerprint density at radius 2 is 1.94 bits per heavy atom. The van der Waals surface area contributed by atoms with E-state index in [0.29, 0.717) is 34.9 Å². The molecule has 164 valence electrons. The van der Waals surface area contributed by atoms with Gasteiger partial charge in [-0.25, -0.2) is 18.7 Å². The molecule has 0 saturated heterocycles. The maximum Gasteiger partial charge on any atom is 0.255 e. The van der Waals surface area contributed by atoms with E-state index < -0.39 is 23.5 Å². The van der Waals surface area contributed by atoms with E-state index in [4.69, 9.17) is 0 Å². The van der Waals surface area contributed by atoms with Crippen LogP contribution in [0, 0.1) is 5.82 Å². The third-order valence-electron chi connectivity index (χ3n) is 4.48. The lowest BCUT2D eigenvalue weighted by Gasteiger charge is -2.22. The van der Waals surface area contributed by atoms with E-state index in [1.807, 2.05) is 6.92 Å². The summed E-state index contributed by atoms with van der Waals surface area (Å²) >= 11 is 0. The summed E-state index contributed by atoms with van der Waals surface area (Å²) in [5, 5.41) is 18.2. The molecule has 0 bridgehead atoms. The number of carbonyl (C=O) groups excluding carboxylic acids is 1. The van der Waals surface area contributed by atoms with Gasteiger partial charge in [-0.05, 0) is 32.9 Å². The molecule has 0 aliphatic heterocycles. The lowest BCUT2D eigenvalue weighted by atomic mass is 10.0. The fraction of sp³-hybridized carbons (Fsp3) is 0.333. The van der Waals surface area contributed by atoms with Crippen molar-refractivity contribution in [1.82, 2.24) is 20.3 Å². The number of aliphatic hydroxyl groups is 1. The highest BCUT2D eigenvalue weighted by molar-refractivity contribution is 5.99. The lowest BCUT2D eigenvalue weighted by Crippen LogP contribution is -2.42. The van der Waals surface area contributed by atoms with Crippen molar-refractivity contribution >= 4 is 34.3 Å².